The molecule has 0 aliphatic carbocycles. The van der Waals surface area contributed by atoms with Gasteiger partial charge in [0.05, 0.1) is 17.2 Å². The molecular formula is C11H15ClFNO. The van der Waals surface area contributed by atoms with Crippen LogP contribution in [0.15, 0.2) is 18.2 Å². The van der Waals surface area contributed by atoms with Gasteiger partial charge in [0.15, 0.2) is 0 Å². The van der Waals surface area contributed by atoms with E-state index in [1.807, 2.05) is 6.92 Å². The molecule has 0 saturated heterocycles. The summed E-state index contributed by atoms with van der Waals surface area (Å²) in [6.45, 7) is 1.93. The van der Waals surface area contributed by atoms with Crippen LogP contribution < -0.4 is 5.73 Å². The molecular weight excluding hydrogens is 217 g/mol. The van der Waals surface area contributed by atoms with Gasteiger partial charge in [-0.1, -0.05) is 37.1 Å². The Hall–Kier alpha value is -0.640. The van der Waals surface area contributed by atoms with Crippen LogP contribution in [0, 0.1) is 5.82 Å². The van der Waals surface area contributed by atoms with Gasteiger partial charge in [-0.3, -0.25) is 0 Å². The first kappa shape index (κ1) is 12.4. The Labute approximate surface area is 93.9 Å². The minimum absolute atomic E-state index is 0.0339. The normalized spacial score (nSPS) is 15.0. The zero-order valence-electron chi connectivity index (χ0n) is 8.58. The summed E-state index contributed by atoms with van der Waals surface area (Å²) in [7, 11) is 0. The molecule has 0 saturated carbocycles. The fourth-order valence-electron chi connectivity index (χ4n) is 1.46. The molecule has 0 aliphatic rings. The Morgan fingerprint density at radius 3 is 2.80 bits per heavy atom. The summed E-state index contributed by atoms with van der Waals surface area (Å²) < 4.78 is 13.5. The highest BCUT2D eigenvalue weighted by Gasteiger charge is 2.20. The first-order valence-corrected chi connectivity index (χ1v) is 5.33. The summed E-state index contributed by atoms with van der Waals surface area (Å²) in [5.74, 6) is -0.540. The van der Waals surface area contributed by atoms with Crippen LogP contribution in [0.5, 0.6) is 0 Å². The molecule has 1 aromatic rings. The smallest absolute Gasteiger partial charge is 0.146 e. The van der Waals surface area contributed by atoms with E-state index in [1.165, 1.54) is 6.07 Å². The lowest BCUT2D eigenvalue weighted by molar-refractivity contribution is 0.133. The maximum atomic E-state index is 13.5. The number of aliphatic hydroxyl groups is 1. The third-order valence-corrected chi connectivity index (χ3v) is 2.63. The fraction of sp³-hybridized carbons (Fsp3) is 0.455. The van der Waals surface area contributed by atoms with Crippen LogP contribution >= 0.6 is 11.6 Å². The zero-order valence-corrected chi connectivity index (χ0v) is 9.34. The molecule has 0 heterocycles. The molecule has 0 radical (unpaired) electrons. The van der Waals surface area contributed by atoms with Gasteiger partial charge in [0.25, 0.3) is 0 Å². The standard InChI is InChI=1S/C11H15ClFNO/c1-2-4-9(15)11(14)7-5-3-6-8(12)10(7)13/h3,5-6,9,11,15H,2,4,14H2,1H3/t9-,11+/m0/s1. The largest absolute Gasteiger partial charge is 0.391 e. The number of benzene rings is 1. The van der Waals surface area contributed by atoms with Crippen molar-refractivity contribution < 1.29 is 9.50 Å². The van der Waals surface area contributed by atoms with Gasteiger partial charge in [-0.15, -0.1) is 0 Å². The van der Waals surface area contributed by atoms with Gasteiger partial charge in [0, 0.05) is 5.56 Å². The van der Waals surface area contributed by atoms with Gasteiger partial charge in [-0.25, -0.2) is 4.39 Å². The number of rotatable bonds is 4. The van der Waals surface area contributed by atoms with Crippen molar-refractivity contribution in [2.24, 2.45) is 5.73 Å². The van der Waals surface area contributed by atoms with Crippen LogP contribution in [-0.4, -0.2) is 11.2 Å². The molecule has 84 valence electrons. The number of halogens is 2. The van der Waals surface area contributed by atoms with Gasteiger partial charge in [-0.2, -0.15) is 0 Å². The summed E-state index contributed by atoms with van der Waals surface area (Å²) in [4.78, 5) is 0. The van der Waals surface area contributed by atoms with Gasteiger partial charge in [-0.05, 0) is 12.5 Å². The molecule has 0 bridgehead atoms. The first-order chi connectivity index (χ1) is 7.07. The van der Waals surface area contributed by atoms with E-state index in [4.69, 9.17) is 17.3 Å². The third kappa shape index (κ3) is 2.91. The number of aliphatic hydroxyl groups excluding tert-OH is 1. The molecule has 0 unspecified atom stereocenters. The highest BCUT2D eigenvalue weighted by atomic mass is 35.5. The zero-order chi connectivity index (χ0) is 11.4. The number of nitrogens with two attached hydrogens (primary N) is 1. The second-order valence-electron chi connectivity index (χ2n) is 3.52. The molecule has 0 amide bonds. The third-order valence-electron chi connectivity index (χ3n) is 2.34. The van der Waals surface area contributed by atoms with Crippen molar-refractivity contribution in [3.8, 4) is 0 Å². The topological polar surface area (TPSA) is 46.2 Å². The molecule has 0 fully saturated rings. The summed E-state index contributed by atoms with van der Waals surface area (Å²) in [5.41, 5.74) is 6.01. The van der Waals surface area contributed by atoms with Crippen LogP contribution in [0.4, 0.5) is 4.39 Å². The van der Waals surface area contributed by atoms with Crippen molar-refractivity contribution in [2.45, 2.75) is 31.9 Å². The van der Waals surface area contributed by atoms with Crippen molar-refractivity contribution in [2.75, 3.05) is 0 Å². The molecule has 15 heavy (non-hydrogen) atoms. The van der Waals surface area contributed by atoms with Crippen LogP contribution in [-0.2, 0) is 0 Å². The van der Waals surface area contributed by atoms with E-state index in [0.29, 0.717) is 6.42 Å². The molecule has 0 aromatic heterocycles. The lowest BCUT2D eigenvalue weighted by Crippen LogP contribution is -2.26. The van der Waals surface area contributed by atoms with Crippen molar-refractivity contribution in [1.29, 1.82) is 0 Å². The Morgan fingerprint density at radius 1 is 1.53 bits per heavy atom. The average Bonchev–Trinajstić information content (AvgIpc) is 2.21. The maximum Gasteiger partial charge on any atom is 0.146 e. The summed E-state index contributed by atoms with van der Waals surface area (Å²) in [6, 6.07) is 3.91. The number of hydrogen-bond donors (Lipinski definition) is 2. The van der Waals surface area contributed by atoms with Crippen LogP contribution in [0.1, 0.15) is 31.4 Å². The highest BCUT2D eigenvalue weighted by Crippen LogP contribution is 2.25. The van der Waals surface area contributed by atoms with E-state index in [-0.39, 0.29) is 10.6 Å². The van der Waals surface area contributed by atoms with Crippen LogP contribution in [0.2, 0.25) is 5.02 Å². The van der Waals surface area contributed by atoms with Crippen molar-refractivity contribution in [1.82, 2.24) is 0 Å². The Balaban J connectivity index is 2.90. The first-order valence-electron chi connectivity index (χ1n) is 4.95. The lowest BCUT2D eigenvalue weighted by Gasteiger charge is -2.19. The highest BCUT2D eigenvalue weighted by molar-refractivity contribution is 6.30. The van der Waals surface area contributed by atoms with E-state index < -0.39 is 18.0 Å². The molecule has 2 atom stereocenters. The molecule has 0 spiro atoms. The fourth-order valence-corrected chi connectivity index (χ4v) is 1.64. The van der Waals surface area contributed by atoms with Gasteiger partial charge < -0.3 is 10.8 Å². The molecule has 1 aromatic carbocycles. The predicted molar refractivity (Wildman–Crippen MR) is 59.3 cm³/mol. The Kier molecular flexibility index (Phi) is 4.51. The number of hydrogen-bond acceptors (Lipinski definition) is 2. The molecule has 1 rings (SSSR count). The second-order valence-corrected chi connectivity index (χ2v) is 3.93. The van der Waals surface area contributed by atoms with Crippen molar-refractivity contribution in [3.63, 3.8) is 0 Å². The second kappa shape index (κ2) is 5.45. The lowest BCUT2D eigenvalue weighted by atomic mass is 9.99. The molecule has 2 nitrogen and oxygen atoms in total. The van der Waals surface area contributed by atoms with Gasteiger partial charge >= 0.3 is 0 Å². The Morgan fingerprint density at radius 2 is 2.20 bits per heavy atom. The van der Waals surface area contributed by atoms with Crippen LogP contribution in [0.25, 0.3) is 0 Å². The van der Waals surface area contributed by atoms with Crippen LogP contribution in [0.3, 0.4) is 0 Å². The van der Waals surface area contributed by atoms with Crippen molar-refractivity contribution >= 4 is 11.6 Å². The average molecular weight is 232 g/mol. The van der Waals surface area contributed by atoms with E-state index in [0.717, 1.165) is 6.42 Å². The minimum atomic E-state index is -0.733. The molecule has 0 aliphatic heterocycles. The van der Waals surface area contributed by atoms with Gasteiger partial charge in [0.1, 0.15) is 5.82 Å². The van der Waals surface area contributed by atoms with E-state index >= 15 is 0 Å². The SMILES string of the molecule is CCC[C@H](O)[C@H](N)c1cccc(Cl)c1F. The summed E-state index contributed by atoms with van der Waals surface area (Å²) in [6.07, 6.45) is 0.618. The summed E-state index contributed by atoms with van der Waals surface area (Å²) >= 11 is 5.63. The molecule has 4 heteroatoms. The summed E-state index contributed by atoms with van der Waals surface area (Å²) in [5, 5.41) is 9.69. The quantitative estimate of drug-likeness (QED) is 0.837. The van der Waals surface area contributed by atoms with E-state index in [2.05, 4.69) is 0 Å². The predicted octanol–water partition coefficient (Wildman–Crippen LogP) is 2.64. The van der Waals surface area contributed by atoms with Crippen molar-refractivity contribution in [3.05, 3.63) is 34.6 Å². The monoisotopic (exact) mass is 231 g/mol. The van der Waals surface area contributed by atoms with E-state index in [9.17, 15) is 9.50 Å². The van der Waals surface area contributed by atoms with Gasteiger partial charge in [0.2, 0.25) is 0 Å². The van der Waals surface area contributed by atoms with E-state index in [1.54, 1.807) is 12.1 Å². The Bertz CT molecular complexity index is 332. The molecule has 3 N–H and O–H groups in total. The minimum Gasteiger partial charge on any atom is -0.391 e. The maximum absolute atomic E-state index is 13.5.